The molecule has 5 heteroatoms. The second-order valence-electron chi connectivity index (χ2n) is 3.80. The van der Waals surface area contributed by atoms with E-state index in [1.165, 1.54) is 11.6 Å². The minimum Gasteiger partial charge on any atom is -0.477 e. The largest absolute Gasteiger partial charge is 0.477 e. The molecule has 1 heterocycles. The summed E-state index contributed by atoms with van der Waals surface area (Å²) in [6.07, 6.45) is 0. The van der Waals surface area contributed by atoms with E-state index in [1.54, 1.807) is 12.1 Å². The van der Waals surface area contributed by atoms with E-state index in [1.807, 2.05) is 25.1 Å². The Morgan fingerprint density at radius 3 is 2.78 bits per heavy atom. The molecule has 0 spiro atoms. The molecule has 0 fully saturated rings. The van der Waals surface area contributed by atoms with Crippen LogP contribution in [0.15, 0.2) is 36.4 Å². The molecule has 1 aromatic heterocycles. The van der Waals surface area contributed by atoms with Crippen LogP contribution in [0.5, 0.6) is 0 Å². The van der Waals surface area contributed by atoms with Crippen LogP contribution in [0.4, 0.5) is 11.5 Å². The number of hydrogen-bond donors (Lipinski definition) is 2. The molecule has 4 nitrogen and oxygen atoms in total. The average molecular weight is 354 g/mol. The van der Waals surface area contributed by atoms with Gasteiger partial charge in [0, 0.05) is 9.26 Å². The van der Waals surface area contributed by atoms with E-state index in [-0.39, 0.29) is 5.69 Å². The fourth-order valence-electron chi connectivity index (χ4n) is 1.44. The molecule has 0 saturated carbocycles. The number of carboxylic acids is 1. The lowest BCUT2D eigenvalue weighted by Crippen LogP contribution is -2.02. The number of aryl methyl sites for hydroxylation is 1. The minimum atomic E-state index is -1.03. The van der Waals surface area contributed by atoms with E-state index in [9.17, 15) is 4.79 Å². The summed E-state index contributed by atoms with van der Waals surface area (Å²) in [5.74, 6) is -0.508. The van der Waals surface area contributed by atoms with Gasteiger partial charge in [0.25, 0.3) is 0 Å². The fourth-order valence-corrected chi connectivity index (χ4v) is 1.96. The maximum Gasteiger partial charge on any atom is 0.354 e. The van der Waals surface area contributed by atoms with Gasteiger partial charge in [-0.3, -0.25) is 0 Å². The average Bonchev–Trinajstić information content (AvgIpc) is 2.34. The zero-order valence-electron chi connectivity index (χ0n) is 9.64. The Hall–Kier alpha value is -1.63. The smallest absolute Gasteiger partial charge is 0.354 e. The van der Waals surface area contributed by atoms with Crippen LogP contribution in [0.1, 0.15) is 16.1 Å². The van der Waals surface area contributed by atoms with Crippen LogP contribution in [0.25, 0.3) is 0 Å². The van der Waals surface area contributed by atoms with Gasteiger partial charge in [-0.15, -0.1) is 0 Å². The second kappa shape index (κ2) is 5.34. The lowest BCUT2D eigenvalue weighted by Gasteiger charge is -2.07. The molecule has 0 saturated heterocycles. The van der Waals surface area contributed by atoms with E-state index in [4.69, 9.17) is 5.11 Å². The first-order valence-electron chi connectivity index (χ1n) is 5.30. The highest BCUT2D eigenvalue weighted by Crippen LogP contribution is 2.20. The van der Waals surface area contributed by atoms with Crippen LogP contribution in [0.3, 0.4) is 0 Å². The Bertz CT molecular complexity index is 599. The number of carboxylic acid groups (broad SMARTS) is 1. The number of benzene rings is 1. The fraction of sp³-hybridized carbons (Fsp3) is 0.0769. The summed E-state index contributed by atoms with van der Waals surface area (Å²) in [5, 5.41) is 12.0. The normalized spacial score (nSPS) is 10.1. The zero-order chi connectivity index (χ0) is 13.1. The molecule has 0 aliphatic heterocycles. The van der Waals surface area contributed by atoms with Gasteiger partial charge in [-0.1, -0.05) is 12.1 Å². The third-order valence-corrected chi connectivity index (χ3v) is 3.57. The highest BCUT2D eigenvalue weighted by molar-refractivity contribution is 14.1. The lowest BCUT2D eigenvalue weighted by atomic mass is 10.2. The molecule has 0 atom stereocenters. The molecule has 0 radical (unpaired) electrons. The molecule has 0 aliphatic rings. The number of hydrogen-bond acceptors (Lipinski definition) is 3. The van der Waals surface area contributed by atoms with Crippen molar-refractivity contribution in [3.63, 3.8) is 0 Å². The van der Waals surface area contributed by atoms with E-state index < -0.39 is 5.97 Å². The van der Waals surface area contributed by atoms with Gasteiger partial charge in [0.15, 0.2) is 5.69 Å². The number of carbonyl (C=O) groups is 1. The Morgan fingerprint density at radius 2 is 2.11 bits per heavy atom. The van der Waals surface area contributed by atoms with E-state index in [0.29, 0.717) is 5.82 Å². The van der Waals surface area contributed by atoms with Crippen molar-refractivity contribution in [2.45, 2.75) is 6.92 Å². The van der Waals surface area contributed by atoms with Gasteiger partial charge >= 0.3 is 5.97 Å². The molecule has 0 bridgehead atoms. The van der Waals surface area contributed by atoms with Crippen molar-refractivity contribution >= 4 is 40.1 Å². The number of nitrogens with zero attached hydrogens (tertiary/aromatic N) is 1. The number of aromatic nitrogens is 1. The van der Waals surface area contributed by atoms with E-state index >= 15 is 0 Å². The van der Waals surface area contributed by atoms with Gasteiger partial charge < -0.3 is 10.4 Å². The first-order valence-corrected chi connectivity index (χ1v) is 6.37. The van der Waals surface area contributed by atoms with Crippen LogP contribution in [0.2, 0.25) is 0 Å². The van der Waals surface area contributed by atoms with E-state index in [2.05, 4.69) is 32.9 Å². The van der Waals surface area contributed by atoms with Crippen LogP contribution >= 0.6 is 22.6 Å². The third-order valence-electron chi connectivity index (χ3n) is 2.41. The quantitative estimate of drug-likeness (QED) is 0.829. The SMILES string of the molecule is Cc1ccc(Nc2cccc(C(=O)O)n2)cc1I. The topological polar surface area (TPSA) is 62.2 Å². The molecule has 18 heavy (non-hydrogen) atoms. The summed E-state index contributed by atoms with van der Waals surface area (Å²) < 4.78 is 1.15. The van der Waals surface area contributed by atoms with Gasteiger partial charge in [0.2, 0.25) is 0 Å². The summed E-state index contributed by atoms with van der Waals surface area (Å²) in [7, 11) is 0. The molecule has 1 aromatic carbocycles. The van der Waals surface area contributed by atoms with Crippen molar-refractivity contribution in [2.75, 3.05) is 5.32 Å². The van der Waals surface area contributed by atoms with E-state index in [0.717, 1.165) is 9.26 Å². The van der Waals surface area contributed by atoms with Crippen molar-refractivity contribution in [1.29, 1.82) is 0 Å². The summed E-state index contributed by atoms with van der Waals surface area (Å²) in [4.78, 5) is 14.8. The van der Waals surface area contributed by atoms with Crippen molar-refractivity contribution in [1.82, 2.24) is 4.98 Å². The maximum atomic E-state index is 10.8. The Kier molecular flexibility index (Phi) is 3.81. The Balaban J connectivity index is 2.25. The highest BCUT2D eigenvalue weighted by atomic mass is 127. The third kappa shape index (κ3) is 2.98. The van der Waals surface area contributed by atoms with Crippen molar-refractivity contribution in [3.8, 4) is 0 Å². The minimum absolute atomic E-state index is 0.0295. The van der Waals surface area contributed by atoms with Crippen LogP contribution in [0, 0.1) is 10.5 Å². The Labute approximate surface area is 118 Å². The molecule has 0 unspecified atom stereocenters. The van der Waals surface area contributed by atoms with Crippen molar-refractivity contribution < 1.29 is 9.90 Å². The molecule has 0 amide bonds. The standard InChI is InChI=1S/C13H11IN2O2/c1-8-5-6-9(7-10(8)14)15-12-4-2-3-11(16-12)13(17)18/h2-7H,1H3,(H,15,16)(H,17,18). The number of nitrogens with one attached hydrogen (secondary N) is 1. The predicted octanol–water partition coefficient (Wildman–Crippen LogP) is 3.44. The molecular weight excluding hydrogens is 343 g/mol. The number of aromatic carboxylic acids is 1. The maximum absolute atomic E-state index is 10.8. The Morgan fingerprint density at radius 1 is 1.33 bits per heavy atom. The highest BCUT2D eigenvalue weighted by Gasteiger charge is 2.05. The summed E-state index contributed by atoms with van der Waals surface area (Å²) in [6.45, 7) is 2.04. The van der Waals surface area contributed by atoms with Crippen LogP contribution in [-0.2, 0) is 0 Å². The predicted molar refractivity (Wildman–Crippen MR) is 78.4 cm³/mol. The van der Waals surface area contributed by atoms with Gasteiger partial charge in [0.1, 0.15) is 5.82 Å². The molecule has 92 valence electrons. The van der Waals surface area contributed by atoms with Crippen LogP contribution < -0.4 is 5.32 Å². The van der Waals surface area contributed by atoms with Gasteiger partial charge in [-0.05, 0) is 59.3 Å². The van der Waals surface area contributed by atoms with Crippen molar-refractivity contribution in [3.05, 3.63) is 51.2 Å². The molecule has 0 aliphatic carbocycles. The number of rotatable bonds is 3. The first kappa shape index (κ1) is 12.8. The monoisotopic (exact) mass is 354 g/mol. The summed E-state index contributed by atoms with van der Waals surface area (Å²) >= 11 is 2.26. The number of anilines is 2. The molecular formula is C13H11IN2O2. The van der Waals surface area contributed by atoms with Gasteiger partial charge in [0.05, 0.1) is 0 Å². The first-order chi connectivity index (χ1) is 8.56. The zero-order valence-corrected chi connectivity index (χ0v) is 11.8. The molecule has 2 N–H and O–H groups in total. The van der Waals surface area contributed by atoms with Gasteiger partial charge in [-0.25, -0.2) is 9.78 Å². The molecule has 2 aromatic rings. The number of halogens is 1. The second-order valence-corrected chi connectivity index (χ2v) is 4.96. The summed E-state index contributed by atoms with van der Waals surface area (Å²) in [6, 6.07) is 10.8. The lowest BCUT2D eigenvalue weighted by molar-refractivity contribution is 0.0690. The van der Waals surface area contributed by atoms with Crippen molar-refractivity contribution in [2.24, 2.45) is 0 Å². The van der Waals surface area contributed by atoms with Crippen LogP contribution in [-0.4, -0.2) is 16.1 Å². The molecule has 2 rings (SSSR count). The number of pyridine rings is 1. The summed E-state index contributed by atoms with van der Waals surface area (Å²) in [5.41, 5.74) is 2.12. The van der Waals surface area contributed by atoms with Gasteiger partial charge in [-0.2, -0.15) is 0 Å².